The van der Waals surface area contributed by atoms with Gasteiger partial charge in [0, 0.05) is 23.9 Å². The van der Waals surface area contributed by atoms with E-state index in [1.165, 1.54) is 6.42 Å². The Morgan fingerprint density at radius 2 is 1.73 bits per heavy atom. The van der Waals surface area contributed by atoms with Crippen LogP contribution in [0.1, 0.15) is 46.0 Å². The first-order chi connectivity index (χ1) is 6.87. The van der Waals surface area contributed by atoms with E-state index < -0.39 is 7.05 Å². The highest BCUT2D eigenvalue weighted by atomic mass is 16.2. The van der Waals surface area contributed by atoms with Crippen molar-refractivity contribution in [3.05, 3.63) is 0 Å². The minimum atomic E-state index is -0.451. The Kier molecular flexibility index (Phi) is 2.47. The van der Waals surface area contributed by atoms with Crippen LogP contribution in [0.5, 0.6) is 0 Å². The van der Waals surface area contributed by atoms with E-state index in [-0.39, 0.29) is 11.1 Å². The minimum absolute atomic E-state index is 0.115. The molecule has 0 aliphatic carbocycles. The molecule has 2 bridgehead atoms. The van der Waals surface area contributed by atoms with Crippen molar-refractivity contribution < 1.29 is 9.82 Å². The van der Waals surface area contributed by atoms with Gasteiger partial charge in [-0.2, -0.15) is 0 Å². The van der Waals surface area contributed by atoms with Crippen molar-refractivity contribution in [3.8, 4) is 0 Å². The normalized spacial score (nSPS) is 41.7. The molecule has 0 amide bonds. The Balaban J connectivity index is 2.39. The first kappa shape index (κ1) is 11.1. The minimum Gasteiger partial charge on any atom is -0.437 e. The van der Waals surface area contributed by atoms with Gasteiger partial charge < -0.3 is 9.83 Å². The number of nitrogens with zero attached hydrogens (tertiary/aromatic N) is 1. The predicted octanol–water partition coefficient (Wildman–Crippen LogP) is 1.46. The molecule has 15 heavy (non-hydrogen) atoms. The molecule has 2 heterocycles. The van der Waals surface area contributed by atoms with Crippen molar-refractivity contribution in [2.24, 2.45) is 0 Å². The maximum Gasteiger partial charge on any atom is 0.377 e. The van der Waals surface area contributed by atoms with Crippen molar-refractivity contribution in [1.29, 1.82) is 0 Å². The SMILES string of the molecule is CB(O)N1C2(C)CCCC1(C)CC(=O)C2. The fourth-order valence-corrected chi connectivity index (χ4v) is 3.90. The van der Waals surface area contributed by atoms with Gasteiger partial charge in [0.1, 0.15) is 5.78 Å². The summed E-state index contributed by atoms with van der Waals surface area (Å²) in [6.45, 7) is 6.06. The summed E-state index contributed by atoms with van der Waals surface area (Å²) in [5.41, 5.74) is -0.229. The van der Waals surface area contributed by atoms with Gasteiger partial charge in [-0.15, -0.1) is 0 Å². The molecule has 2 unspecified atom stereocenters. The largest absolute Gasteiger partial charge is 0.437 e. The number of piperidine rings is 2. The summed E-state index contributed by atoms with van der Waals surface area (Å²) in [6, 6.07) is 0. The Hall–Kier alpha value is -0.345. The van der Waals surface area contributed by atoms with Crippen LogP contribution in [0.4, 0.5) is 0 Å². The smallest absolute Gasteiger partial charge is 0.377 e. The van der Waals surface area contributed by atoms with Crippen LogP contribution in [0, 0.1) is 0 Å². The Morgan fingerprint density at radius 1 is 1.27 bits per heavy atom. The fraction of sp³-hybridized carbons (Fsp3) is 0.909. The van der Waals surface area contributed by atoms with Crippen molar-refractivity contribution in [2.75, 3.05) is 0 Å². The third-order valence-electron chi connectivity index (χ3n) is 4.12. The van der Waals surface area contributed by atoms with Crippen LogP contribution in [0.2, 0.25) is 6.82 Å². The van der Waals surface area contributed by atoms with Crippen molar-refractivity contribution in [1.82, 2.24) is 4.81 Å². The molecule has 0 radical (unpaired) electrons. The van der Waals surface area contributed by atoms with E-state index in [1.807, 2.05) is 6.82 Å². The monoisotopic (exact) mass is 209 g/mol. The molecule has 84 valence electrons. The fourth-order valence-electron chi connectivity index (χ4n) is 3.90. The number of Topliss-reactive ketones (excluding diaryl/α,β-unsaturated/α-hetero) is 1. The van der Waals surface area contributed by atoms with Gasteiger partial charge in [0.15, 0.2) is 0 Å². The van der Waals surface area contributed by atoms with Gasteiger partial charge in [0.2, 0.25) is 0 Å². The van der Waals surface area contributed by atoms with Crippen LogP contribution in [-0.4, -0.2) is 33.7 Å². The zero-order valence-electron chi connectivity index (χ0n) is 9.92. The van der Waals surface area contributed by atoms with Crippen molar-refractivity contribution in [2.45, 2.75) is 63.9 Å². The number of fused-ring (bicyclic) bond motifs is 2. The Bertz CT molecular complexity index is 272. The molecule has 2 aliphatic rings. The lowest BCUT2D eigenvalue weighted by Gasteiger charge is -2.59. The van der Waals surface area contributed by atoms with Gasteiger partial charge in [-0.3, -0.25) is 4.79 Å². The number of hydrogen-bond acceptors (Lipinski definition) is 3. The molecule has 0 aromatic carbocycles. The van der Waals surface area contributed by atoms with Gasteiger partial charge in [-0.25, -0.2) is 0 Å². The van der Waals surface area contributed by atoms with E-state index in [1.54, 1.807) is 0 Å². The highest BCUT2D eigenvalue weighted by Crippen LogP contribution is 2.46. The molecule has 2 saturated heterocycles. The van der Waals surface area contributed by atoms with Gasteiger partial charge >= 0.3 is 7.05 Å². The van der Waals surface area contributed by atoms with E-state index in [0.717, 1.165) is 12.8 Å². The quantitative estimate of drug-likeness (QED) is 0.664. The first-order valence-electron chi connectivity index (χ1n) is 5.87. The zero-order chi connectivity index (χ0) is 11.3. The van der Waals surface area contributed by atoms with Crippen molar-refractivity contribution >= 4 is 12.8 Å². The molecule has 0 aromatic heterocycles. The van der Waals surface area contributed by atoms with Crippen LogP contribution in [-0.2, 0) is 4.79 Å². The lowest BCUT2D eigenvalue weighted by Crippen LogP contribution is -2.69. The van der Waals surface area contributed by atoms with Crippen LogP contribution < -0.4 is 0 Å². The maximum absolute atomic E-state index is 11.7. The summed E-state index contributed by atoms with van der Waals surface area (Å²) in [6.07, 6.45) is 4.43. The van der Waals surface area contributed by atoms with Crippen LogP contribution in [0.15, 0.2) is 0 Å². The summed E-state index contributed by atoms with van der Waals surface area (Å²) in [5.74, 6) is 0.358. The third kappa shape index (κ3) is 1.64. The third-order valence-corrected chi connectivity index (χ3v) is 4.12. The average Bonchev–Trinajstić information content (AvgIpc) is 1.97. The summed E-state index contributed by atoms with van der Waals surface area (Å²) >= 11 is 0. The molecule has 1 N–H and O–H groups in total. The zero-order valence-corrected chi connectivity index (χ0v) is 9.92. The molecular weight excluding hydrogens is 189 g/mol. The van der Waals surface area contributed by atoms with E-state index in [4.69, 9.17) is 0 Å². The lowest BCUT2D eigenvalue weighted by molar-refractivity contribution is -0.134. The highest BCUT2D eigenvalue weighted by molar-refractivity contribution is 6.46. The first-order valence-corrected chi connectivity index (χ1v) is 5.87. The van der Waals surface area contributed by atoms with Gasteiger partial charge in [-0.05, 0) is 39.9 Å². The second-order valence-electron chi connectivity index (χ2n) is 5.74. The molecule has 0 aromatic rings. The molecule has 2 rings (SSSR count). The lowest BCUT2D eigenvalue weighted by atomic mass is 9.61. The maximum atomic E-state index is 11.7. The number of carbonyl (C=O) groups is 1. The van der Waals surface area contributed by atoms with Crippen LogP contribution in [0.25, 0.3) is 0 Å². The molecule has 0 spiro atoms. The van der Waals surface area contributed by atoms with Gasteiger partial charge in [0.25, 0.3) is 0 Å². The number of hydrogen-bond donors (Lipinski definition) is 1. The second kappa shape index (κ2) is 3.32. The average molecular weight is 209 g/mol. The van der Waals surface area contributed by atoms with Gasteiger partial charge in [-0.1, -0.05) is 0 Å². The summed E-state index contributed by atoms with van der Waals surface area (Å²) in [4.78, 5) is 13.9. The topological polar surface area (TPSA) is 40.5 Å². The van der Waals surface area contributed by atoms with E-state index in [0.29, 0.717) is 18.6 Å². The standard InChI is InChI=1S/C11H20BNO2/c1-10-5-4-6-11(2,8-9(14)7-10)13(10)12(3)15/h15H,4-8H2,1-3H3. The highest BCUT2D eigenvalue weighted by Gasteiger charge is 2.54. The summed E-state index contributed by atoms with van der Waals surface area (Å²) in [5, 5.41) is 9.91. The molecule has 2 aliphatic heterocycles. The van der Waals surface area contributed by atoms with E-state index >= 15 is 0 Å². The van der Waals surface area contributed by atoms with Gasteiger partial charge in [0.05, 0.1) is 0 Å². The molecule has 3 nitrogen and oxygen atoms in total. The van der Waals surface area contributed by atoms with Crippen LogP contribution >= 0.6 is 0 Å². The van der Waals surface area contributed by atoms with E-state index in [2.05, 4.69) is 18.7 Å². The molecule has 2 atom stereocenters. The number of ketones is 1. The number of rotatable bonds is 1. The molecule has 2 fully saturated rings. The number of carbonyl (C=O) groups excluding carboxylic acids is 1. The summed E-state index contributed by atoms with van der Waals surface area (Å²) in [7, 11) is -0.451. The molecule has 4 heteroatoms. The summed E-state index contributed by atoms with van der Waals surface area (Å²) < 4.78 is 0. The Morgan fingerprint density at radius 3 is 2.13 bits per heavy atom. The Labute approximate surface area is 92.0 Å². The van der Waals surface area contributed by atoms with Crippen molar-refractivity contribution in [3.63, 3.8) is 0 Å². The molecule has 0 saturated carbocycles. The second-order valence-corrected chi connectivity index (χ2v) is 5.74. The van der Waals surface area contributed by atoms with E-state index in [9.17, 15) is 9.82 Å². The molecular formula is C11H20BNO2. The predicted molar refractivity (Wildman–Crippen MR) is 60.6 cm³/mol. The van der Waals surface area contributed by atoms with Crippen LogP contribution in [0.3, 0.4) is 0 Å².